The number of carbonyl (C=O) groups is 2. The SMILES string of the molecule is CC(C)N1CC(C(=O)NCC(O)C(F)(F)F)CC1=O. The largest absolute Gasteiger partial charge is 0.416 e. The molecule has 0 aliphatic carbocycles. The lowest BCUT2D eigenvalue weighted by atomic mass is 10.1. The van der Waals surface area contributed by atoms with Crippen molar-refractivity contribution in [1.29, 1.82) is 0 Å². The molecule has 2 unspecified atom stereocenters. The summed E-state index contributed by atoms with van der Waals surface area (Å²) in [5, 5.41) is 10.8. The Labute approximate surface area is 108 Å². The zero-order valence-corrected chi connectivity index (χ0v) is 10.7. The van der Waals surface area contributed by atoms with Gasteiger partial charge in [0.15, 0.2) is 6.10 Å². The summed E-state index contributed by atoms with van der Waals surface area (Å²) in [4.78, 5) is 24.7. The molecule has 0 radical (unpaired) electrons. The number of likely N-dealkylation sites (tertiary alicyclic amines) is 1. The Morgan fingerprint density at radius 2 is 2.11 bits per heavy atom. The van der Waals surface area contributed by atoms with Crippen molar-refractivity contribution in [2.45, 2.75) is 38.6 Å². The molecule has 1 rings (SSSR count). The minimum absolute atomic E-state index is 0.00781. The Balaban J connectivity index is 2.46. The van der Waals surface area contributed by atoms with Gasteiger partial charge in [-0.1, -0.05) is 0 Å². The standard InChI is InChI=1S/C11H17F3N2O3/c1-6(2)16-5-7(3-9(16)18)10(19)15-4-8(17)11(12,13)14/h6-8,17H,3-5H2,1-2H3,(H,15,19). The number of alkyl halides is 3. The van der Waals surface area contributed by atoms with Crippen molar-refractivity contribution in [3.05, 3.63) is 0 Å². The van der Waals surface area contributed by atoms with Crippen molar-refractivity contribution in [2.24, 2.45) is 5.92 Å². The average Bonchev–Trinajstić information content (AvgIpc) is 2.66. The van der Waals surface area contributed by atoms with Gasteiger partial charge in [-0.25, -0.2) is 0 Å². The van der Waals surface area contributed by atoms with Gasteiger partial charge in [0, 0.05) is 19.0 Å². The second kappa shape index (κ2) is 5.77. The molecule has 0 aromatic heterocycles. The van der Waals surface area contributed by atoms with E-state index in [9.17, 15) is 22.8 Å². The predicted octanol–water partition coefficient (Wildman–Crippen LogP) is 0.283. The van der Waals surface area contributed by atoms with E-state index in [-0.39, 0.29) is 24.9 Å². The molecule has 0 aromatic rings. The highest BCUT2D eigenvalue weighted by molar-refractivity contribution is 5.89. The summed E-state index contributed by atoms with van der Waals surface area (Å²) in [6.07, 6.45) is -7.36. The van der Waals surface area contributed by atoms with E-state index in [1.54, 1.807) is 13.8 Å². The first-order valence-corrected chi connectivity index (χ1v) is 5.95. The molecule has 1 fully saturated rings. The van der Waals surface area contributed by atoms with Gasteiger partial charge in [0.25, 0.3) is 0 Å². The first kappa shape index (κ1) is 15.7. The maximum Gasteiger partial charge on any atom is 0.416 e. The fourth-order valence-electron chi connectivity index (χ4n) is 1.86. The molecule has 1 heterocycles. The van der Waals surface area contributed by atoms with Gasteiger partial charge < -0.3 is 15.3 Å². The van der Waals surface area contributed by atoms with Crippen LogP contribution in [0.4, 0.5) is 13.2 Å². The van der Waals surface area contributed by atoms with Crippen LogP contribution < -0.4 is 5.32 Å². The number of carbonyl (C=O) groups excluding carboxylic acids is 2. The third kappa shape index (κ3) is 4.09. The Bertz CT molecular complexity index is 358. The molecular formula is C11H17F3N2O3. The Morgan fingerprint density at radius 1 is 1.53 bits per heavy atom. The smallest absolute Gasteiger partial charge is 0.382 e. The topological polar surface area (TPSA) is 69.6 Å². The monoisotopic (exact) mass is 282 g/mol. The van der Waals surface area contributed by atoms with Gasteiger partial charge in [-0.15, -0.1) is 0 Å². The zero-order valence-electron chi connectivity index (χ0n) is 10.7. The molecule has 5 nitrogen and oxygen atoms in total. The number of hydrogen-bond acceptors (Lipinski definition) is 3. The van der Waals surface area contributed by atoms with Crippen LogP contribution in [0.15, 0.2) is 0 Å². The van der Waals surface area contributed by atoms with E-state index in [0.717, 1.165) is 0 Å². The molecule has 1 saturated heterocycles. The molecule has 2 amide bonds. The highest BCUT2D eigenvalue weighted by Crippen LogP contribution is 2.21. The van der Waals surface area contributed by atoms with Gasteiger partial charge >= 0.3 is 6.18 Å². The summed E-state index contributed by atoms with van der Waals surface area (Å²) < 4.78 is 36.1. The number of nitrogens with one attached hydrogen (secondary N) is 1. The van der Waals surface area contributed by atoms with Gasteiger partial charge in [-0.05, 0) is 13.8 Å². The molecule has 1 aliphatic rings. The average molecular weight is 282 g/mol. The van der Waals surface area contributed by atoms with E-state index in [1.165, 1.54) is 4.90 Å². The third-order valence-corrected chi connectivity index (χ3v) is 3.00. The van der Waals surface area contributed by atoms with E-state index < -0.39 is 30.7 Å². The molecule has 0 aromatic carbocycles. The lowest BCUT2D eigenvalue weighted by Crippen LogP contribution is -2.43. The van der Waals surface area contributed by atoms with E-state index in [2.05, 4.69) is 0 Å². The first-order chi connectivity index (χ1) is 8.62. The quantitative estimate of drug-likeness (QED) is 0.778. The number of aliphatic hydroxyl groups excluding tert-OH is 1. The van der Waals surface area contributed by atoms with E-state index in [1.807, 2.05) is 5.32 Å². The molecule has 19 heavy (non-hydrogen) atoms. The second-order valence-electron chi connectivity index (χ2n) is 4.84. The summed E-state index contributed by atoms with van der Waals surface area (Å²) in [7, 11) is 0. The molecule has 2 atom stereocenters. The van der Waals surface area contributed by atoms with Crippen molar-refractivity contribution in [3.8, 4) is 0 Å². The molecule has 110 valence electrons. The Kier molecular flexibility index (Phi) is 4.78. The molecule has 0 saturated carbocycles. The van der Waals surface area contributed by atoms with Crippen molar-refractivity contribution in [3.63, 3.8) is 0 Å². The van der Waals surface area contributed by atoms with Crippen LogP contribution in [0.2, 0.25) is 0 Å². The number of amides is 2. The summed E-state index contributed by atoms with van der Waals surface area (Å²) in [5.74, 6) is -1.48. The van der Waals surface area contributed by atoms with Crippen LogP contribution in [-0.4, -0.2) is 53.2 Å². The number of rotatable bonds is 4. The van der Waals surface area contributed by atoms with Crippen LogP contribution in [0.25, 0.3) is 0 Å². The fraction of sp³-hybridized carbons (Fsp3) is 0.818. The Hall–Kier alpha value is -1.31. The van der Waals surface area contributed by atoms with Gasteiger partial charge in [-0.2, -0.15) is 13.2 Å². The number of aliphatic hydroxyl groups is 1. The minimum atomic E-state index is -4.76. The lowest BCUT2D eigenvalue weighted by molar-refractivity contribution is -0.202. The number of nitrogens with zero attached hydrogens (tertiary/aromatic N) is 1. The van der Waals surface area contributed by atoms with Crippen molar-refractivity contribution in [1.82, 2.24) is 10.2 Å². The van der Waals surface area contributed by atoms with Crippen LogP contribution in [0.1, 0.15) is 20.3 Å². The first-order valence-electron chi connectivity index (χ1n) is 5.95. The second-order valence-corrected chi connectivity index (χ2v) is 4.84. The van der Waals surface area contributed by atoms with Gasteiger partial charge in [-0.3, -0.25) is 9.59 Å². The van der Waals surface area contributed by atoms with Gasteiger partial charge in [0.1, 0.15) is 0 Å². The number of halogens is 3. The van der Waals surface area contributed by atoms with Crippen LogP contribution in [0.5, 0.6) is 0 Å². The highest BCUT2D eigenvalue weighted by atomic mass is 19.4. The maximum atomic E-state index is 12.0. The summed E-state index contributed by atoms with van der Waals surface area (Å²) in [6.45, 7) is 2.90. The summed E-state index contributed by atoms with van der Waals surface area (Å²) in [5.41, 5.74) is 0. The van der Waals surface area contributed by atoms with Crippen LogP contribution in [0, 0.1) is 5.92 Å². The summed E-state index contributed by atoms with van der Waals surface area (Å²) >= 11 is 0. The van der Waals surface area contributed by atoms with Gasteiger partial charge in [0.2, 0.25) is 11.8 Å². The van der Waals surface area contributed by atoms with E-state index in [4.69, 9.17) is 5.11 Å². The predicted molar refractivity (Wildman–Crippen MR) is 60.0 cm³/mol. The maximum absolute atomic E-state index is 12.0. The lowest BCUT2D eigenvalue weighted by Gasteiger charge is -2.21. The molecule has 0 spiro atoms. The van der Waals surface area contributed by atoms with E-state index in [0.29, 0.717) is 0 Å². The van der Waals surface area contributed by atoms with Crippen molar-refractivity contribution < 1.29 is 27.9 Å². The van der Waals surface area contributed by atoms with Crippen LogP contribution in [-0.2, 0) is 9.59 Å². The molecular weight excluding hydrogens is 265 g/mol. The third-order valence-electron chi connectivity index (χ3n) is 3.00. The fourth-order valence-corrected chi connectivity index (χ4v) is 1.86. The molecule has 0 bridgehead atoms. The minimum Gasteiger partial charge on any atom is -0.382 e. The normalized spacial score (nSPS) is 21.9. The Morgan fingerprint density at radius 3 is 2.53 bits per heavy atom. The van der Waals surface area contributed by atoms with Crippen molar-refractivity contribution >= 4 is 11.8 Å². The van der Waals surface area contributed by atoms with Crippen molar-refractivity contribution in [2.75, 3.05) is 13.1 Å². The molecule has 8 heteroatoms. The summed E-state index contributed by atoms with van der Waals surface area (Å²) in [6, 6.07) is -0.0499. The molecule has 2 N–H and O–H groups in total. The zero-order chi connectivity index (χ0) is 14.8. The highest BCUT2D eigenvalue weighted by Gasteiger charge is 2.40. The molecule has 1 aliphatic heterocycles. The number of hydrogen-bond donors (Lipinski definition) is 2. The van der Waals surface area contributed by atoms with E-state index >= 15 is 0 Å². The van der Waals surface area contributed by atoms with Crippen LogP contribution >= 0.6 is 0 Å². The van der Waals surface area contributed by atoms with Gasteiger partial charge in [0.05, 0.1) is 12.5 Å². The van der Waals surface area contributed by atoms with Crippen LogP contribution in [0.3, 0.4) is 0 Å².